The average molecular weight is 361 g/mol. The van der Waals surface area contributed by atoms with Crippen molar-refractivity contribution in [2.75, 3.05) is 13.2 Å². The van der Waals surface area contributed by atoms with Gasteiger partial charge in [0.25, 0.3) is 0 Å². The van der Waals surface area contributed by atoms with Crippen LogP contribution in [0.4, 0.5) is 0 Å². The number of carbonyl (C=O) groups is 4. The summed E-state index contributed by atoms with van der Waals surface area (Å²) < 4.78 is 9.53. The SMILES string of the molecule is CCOC(=O)C[C@@H](C(=O)OCC)[C@@H](NC(=O)[C@H](O)CC(C)C)C(=O)O. The van der Waals surface area contributed by atoms with Crippen molar-refractivity contribution in [1.82, 2.24) is 5.32 Å². The molecule has 0 aromatic heterocycles. The van der Waals surface area contributed by atoms with Gasteiger partial charge in [0.2, 0.25) is 5.91 Å². The van der Waals surface area contributed by atoms with Gasteiger partial charge in [0, 0.05) is 0 Å². The summed E-state index contributed by atoms with van der Waals surface area (Å²) in [5.74, 6) is -5.65. The van der Waals surface area contributed by atoms with E-state index < -0.39 is 48.3 Å². The van der Waals surface area contributed by atoms with Crippen molar-refractivity contribution in [3.05, 3.63) is 0 Å². The van der Waals surface area contributed by atoms with Crippen molar-refractivity contribution in [2.24, 2.45) is 11.8 Å². The highest BCUT2D eigenvalue weighted by molar-refractivity contribution is 5.91. The van der Waals surface area contributed by atoms with Crippen LogP contribution in [0.15, 0.2) is 0 Å². The largest absolute Gasteiger partial charge is 0.480 e. The molecule has 0 unspecified atom stereocenters. The number of rotatable bonds is 11. The zero-order chi connectivity index (χ0) is 19.6. The van der Waals surface area contributed by atoms with Crippen molar-refractivity contribution >= 4 is 23.8 Å². The first-order valence-electron chi connectivity index (χ1n) is 8.17. The van der Waals surface area contributed by atoms with Gasteiger partial charge in [0.05, 0.1) is 25.6 Å². The zero-order valence-corrected chi connectivity index (χ0v) is 15.0. The maximum Gasteiger partial charge on any atom is 0.327 e. The fraction of sp³-hybridized carbons (Fsp3) is 0.750. The molecule has 3 atom stereocenters. The maximum atomic E-state index is 12.1. The molecule has 0 fully saturated rings. The van der Waals surface area contributed by atoms with Crippen LogP contribution in [0.5, 0.6) is 0 Å². The van der Waals surface area contributed by atoms with Gasteiger partial charge in [-0.05, 0) is 26.2 Å². The van der Waals surface area contributed by atoms with Gasteiger partial charge in [-0.25, -0.2) is 4.79 Å². The van der Waals surface area contributed by atoms with E-state index >= 15 is 0 Å². The van der Waals surface area contributed by atoms with Gasteiger partial charge in [-0.15, -0.1) is 0 Å². The number of carboxylic acid groups (broad SMARTS) is 1. The molecule has 0 bridgehead atoms. The molecule has 9 nitrogen and oxygen atoms in total. The van der Waals surface area contributed by atoms with Crippen LogP contribution in [0.25, 0.3) is 0 Å². The first-order chi connectivity index (χ1) is 11.6. The fourth-order valence-corrected chi connectivity index (χ4v) is 2.12. The van der Waals surface area contributed by atoms with E-state index in [1.807, 2.05) is 0 Å². The molecule has 0 saturated heterocycles. The standard InChI is InChI=1S/C16H27NO8/c1-5-24-12(19)8-10(16(23)25-6-2)13(15(21)22)17-14(20)11(18)7-9(3)4/h9-11,13,18H,5-8H2,1-4H3,(H,17,20)(H,21,22)/t10-,11-,13-/m1/s1. The Labute approximate surface area is 146 Å². The second-order valence-corrected chi connectivity index (χ2v) is 5.84. The number of carboxylic acids is 1. The Morgan fingerprint density at radius 2 is 1.60 bits per heavy atom. The quantitative estimate of drug-likeness (QED) is 0.440. The summed E-state index contributed by atoms with van der Waals surface area (Å²) in [6, 6.07) is -1.72. The molecule has 0 heterocycles. The van der Waals surface area contributed by atoms with E-state index in [1.54, 1.807) is 20.8 Å². The molecular formula is C16H27NO8. The van der Waals surface area contributed by atoms with Crippen LogP contribution in [0.2, 0.25) is 0 Å². The normalized spacial score (nSPS) is 14.3. The van der Waals surface area contributed by atoms with Crippen molar-refractivity contribution in [2.45, 2.75) is 52.7 Å². The Morgan fingerprint density at radius 1 is 1.04 bits per heavy atom. The summed E-state index contributed by atoms with van der Waals surface area (Å²) in [6.45, 7) is 6.71. The van der Waals surface area contributed by atoms with Gasteiger partial charge in [-0.3, -0.25) is 14.4 Å². The monoisotopic (exact) mass is 361 g/mol. The molecule has 0 spiro atoms. The van der Waals surface area contributed by atoms with Gasteiger partial charge in [-0.1, -0.05) is 13.8 Å². The Morgan fingerprint density at radius 3 is 2.04 bits per heavy atom. The Bertz CT molecular complexity index is 477. The third kappa shape index (κ3) is 8.48. The van der Waals surface area contributed by atoms with Gasteiger partial charge in [-0.2, -0.15) is 0 Å². The van der Waals surface area contributed by atoms with Crippen molar-refractivity contribution in [3.8, 4) is 0 Å². The second-order valence-electron chi connectivity index (χ2n) is 5.84. The molecule has 0 rings (SSSR count). The fourth-order valence-electron chi connectivity index (χ4n) is 2.12. The van der Waals surface area contributed by atoms with Gasteiger partial charge in [0.15, 0.2) is 0 Å². The van der Waals surface area contributed by atoms with E-state index in [-0.39, 0.29) is 25.6 Å². The van der Waals surface area contributed by atoms with Crippen LogP contribution < -0.4 is 5.32 Å². The molecule has 25 heavy (non-hydrogen) atoms. The van der Waals surface area contributed by atoms with E-state index in [0.717, 1.165) is 0 Å². The molecule has 144 valence electrons. The van der Waals surface area contributed by atoms with Gasteiger partial charge in [0.1, 0.15) is 12.1 Å². The molecular weight excluding hydrogens is 334 g/mol. The minimum Gasteiger partial charge on any atom is -0.480 e. The van der Waals surface area contributed by atoms with Crippen LogP contribution in [-0.4, -0.2) is 59.4 Å². The molecule has 0 aliphatic rings. The highest BCUT2D eigenvalue weighted by Crippen LogP contribution is 2.15. The lowest BCUT2D eigenvalue weighted by Gasteiger charge is -2.24. The number of hydrogen-bond acceptors (Lipinski definition) is 7. The van der Waals surface area contributed by atoms with E-state index in [1.165, 1.54) is 6.92 Å². The summed E-state index contributed by atoms with van der Waals surface area (Å²) in [7, 11) is 0. The highest BCUT2D eigenvalue weighted by atomic mass is 16.5. The summed E-state index contributed by atoms with van der Waals surface area (Å²) >= 11 is 0. The van der Waals surface area contributed by atoms with Crippen molar-refractivity contribution in [3.63, 3.8) is 0 Å². The third-order valence-corrected chi connectivity index (χ3v) is 3.24. The first-order valence-corrected chi connectivity index (χ1v) is 8.17. The summed E-state index contributed by atoms with van der Waals surface area (Å²) in [6.07, 6.45) is -1.86. The third-order valence-electron chi connectivity index (χ3n) is 3.24. The summed E-state index contributed by atoms with van der Waals surface area (Å²) in [5, 5.41) is 21.3. The summed E-state index contributed by atoms with van der Waals surface area (Å²) in [5.41, 5.74) is 0. The Kier molecular flexibility index (Phi) is 10.4. The maximum absolute atomic E-state index is 12.1. The highest BCUT2D eigenvalue weighted by Gasteiger charge is 2.39. The number of nitrogens with one attached hydrogen (secondary N) is 1. The molecule has 0 aliphatic heterocycles. The van der Waals surface area contributed by atoms with Crippen LogP contribution in [0, 0.1) is 11.8 Å². The topological polar surface area (TPSA) is 139 Å². The predicted octanol–water partition coefficient (Wildman–Crippen LogP) is 0.0953. The van der Waals surface area contributed by atoms with Gasteiger partial charge < -0.3 is 25.0 Å². The van der Waals surface area contributed by atoms with Crippen LogP contribution in [0.3, 0.4) is 0 Å². The number of aliphatic hydroxyl groups is 1. The summed E-state index contributed by atoms with van der Waals surface area (Å²) in [4.78, 5) is 47.2. The van der Waals surface area contributed by atoms with Crippen molar-refractivity contribution in [1.29, 1.82) is 0 Å². The molecule has 3 N–H and O–H groups in total. The number of amides is 1. The Hall–Kier alpha value is -2.16. The lowest BCUT2D eigenvalue weighted by atomic mass is 9.95. The smallest absolute Gasteiger partial charge is 0.327 e. The lowest BCUT2D eigenvalue weighted by Crippen LogP contribution is -2.52. The molecule has 1 amide bonds. The number of hydrogen-bond donors (Lipinski definition) is 3. The van der Waals surface area contributed by atoms with Crippen LogP contribution in [-0.2, 0) is 28.7 Å². The number of ether oxygens (including phenoxy) is 2. The number of esters is 2. The molecule has 0 aliphatic carbocycles. The van der Waals surface area contributed by atoms with E-state index in [4.69, 9.17) is 9.47 Å². The van der Waals surface area contributed by atoms with Gasteiger partial charge >= 0.3 is 17.9 Å². The number of carbonyl (C=O) groups excluding carboxylic acids is 3. The van der Waals surface area contributed by atoms with Crippen LogP contribution >= 0.6 is 0 Å². The average Bonchev–Trinajstić information content (AvgIpc) is 2.49. The molecule has 9 heteroatoms. The molecule has 0 aromatic carbocycles. The minimum atomic E-state index is -1.72. The zero-order valence-electron chi connectivity index (χ0n) is 15.0. The molecule has 0 saturated carbocycles. The molecule has 0 radical (unpaired) electrons. The predicted molar refractivity (Wildman–Crippen MR) is 86.4 cm³/mol. The number of aliphatic carboxylic acids is 1. The Balaban J connectivity index is 5.32. The van der Waals surface area contributed by atoms with Crippen molar-refractivity contribution < 1.29 is 38.9 Å². The second kappa shape index (κ2) is 11.4. The number of aliphatic hydroxyl groups excluding tert-OH is 1. The molecule has 0 aromatic rings. The lowest BCUT2D eigenvalue weighted by molar-refractivity contribution is -0.160. The van der Waals surface area contributed by atoms with E-state index in [2.05, 4.69) is 5.32 Å². The minimum absolute atomic E-state index is 0.00409. The first kappa shape index (κ1) is 22.8. The van der Waals surface area contributed by atoms with E-state index in [0.29, 0.717) is 0 Å². The van der Waals surface area contributed by atoms with Crippen LogP contribution in [0.1, 0.15) is 40.5 Å². The van der Waals surface area contributed by atoms with E-state index in [9.17, 15) is 29.4 Å².